The molecule has 10 heterocycles. The van der Waals surface area contributed by atoms with E-state index in [4.69, 9.17) is 45.0 Å². The van der Waals surface area contributed by atoms with Crippen molar-refractivity contribution in [3.05, 3.63) is 408 Å². The summed E-state index contributed by atoms with van der Waals surface area (Å²) in [6.45, 7) is 36.5. The molecule has 0 amide bonds. The summed E-state index contributed by atoms with van der Waals surface area (Å²) in [7, 11) is 0. The molecule has 0 bridgehead atoms. The van der Waals surface area contributed by atoms with Crippen LogP contribution < -0.4 is 49.0 Å². The van der Waals surface area contributed by atoms with E-state index in [1.54, 1.807) is 0 Å². The molecular weight excluding hydrogens is 2360 g/mol. The number of hydrogen-bond donors (Lipinski definition) is 1. The maximum atomic E-state index is 10.0. The number of carbonyl (C=O) groups is 1. The molecule has 0 aliphatic carbocycles. The number of aliphatic hydroxyl groups excluding tert-OH is 1. The Morgan fingerprint density at radius 1 is 0.295 bits per heavy atom. The second kappa shape index (κ2) is 46.5. The molecule has 132 heavy (non-hydrogen) atoms. The second-order valence-electron chi connectivity index (χ2n) is 32.6. The smallest absolute Gasteiger partial charge is 0.512 e. The van der Waals surface area contributed by atoms with Crippen LogP contribution in [0.4, 0.5) is 115 Å². The molecule has 15 aromatic rings. The van der Waals surface area contributed by atoms with E-state index in [1.807, 2.05) is 301 Å². The van der Waals surface area contributed by atoms with Gasteiger partial charge < -0.3 is 54.1 Å². The Bertz CT molecular complexity index is 5620. The number of rotatable bonds is 15. The molecule has 681 valence electrons. The van der Waals surface area contributed by atoms with Crippen molar-refractivity contribution in [1.82, 2.24) is 49.8 Å². The van der Waals surface area contributed by atoms with Gasteiger partial charge in [-0.15, -0.1) is 61.8 Å². The molecule has 1 N–H and O–H groups in total. The Kier molecular flexibility index (Phi) is 35.2. The summed E-state index contributed by atoms with van der Waals surface area (Å²) in [4.78, 5) is 78.4. The van der Waals surface area contributed by atoms with E-state index in [1.165, 1.54) is 19.9 Å². The van der Waals surface area contributed by atoms with Gasteiger partial charge in [-0.05, 0) is 98.2 Å². The second-order valence-corrected chi connectivity index (χ2v) is 32.6. The van der Waals surface area contributed by atoms with Gasteiger partial charge in [-0.3, -0.25) is 4.79 Å². The Morgan fingerprint density at radius 3 is 0.689 bits per heavy atom. The molecule has 0 atom stereocenters. The van der Waals surface area contributed by atoms with Gasteiger partial charge >= 0.3 is 21.1 Å². The minimum Gasteiger partial charge on any atom is -0.512 e. The van der Waals surface area contributed by atoms with Crippen LogP contribution in [0.3, 0.4) is 0 Å². The van der Waals surface area contributed by atoms with Crippen LogP contribution >= 0.6 is 0 Å². The van der Waals surface area contributed by atoms with E-state index in [-0.39, 0.29) is 98.3 Å². The Hall–Kier alpha value is -12.6. The normalized spacial score (nSPS) is 13.0. The molecule has 20 rings (SSSR count). The van der Waals surface area contributed by atoms with E-state index in [9.17, 15) is 4.79 Å². The zero-order valence-electron chi connectivity index (χ0n) is 75.3. The summed E-state index contributed by atoms with van der Waals surface area (Å²) in [6, 6.07) is 107. The van der Waals surface area contributed by atoms with E-state index >= 15 is 0 Å². The Labute approximate surface area is 831 Å². The first-order valence-corrected chi connectivity index (χ1v) is 42.6. The third-order valence-electron chi connectivity index (χ3n) is 20.7. The van der Waals surface area contributed by atoms with Gasteiger partial charge in [-0.1, -0.05) is 167 Å². The third kappa shape index (κ3) is 23.8. The van der Waals surface area contributed by atoms with Gasteiger partial charge in [0, 0.05) is 100 Å². The number of fused-ring (bicyclic) bond motifs is 5. The van der Waals surface area contributed by atoms with Crippen molar-refractivity contribution in [2.75, 3.05) is 49.0 Å². The summed E-state index contributed by atoms with van der Waals surface area (Å²) >= 11 is 0. The fourth-order valence-electron chi connectivity index (χ4n) is 13.9. The molecular formula is C106H100Ir3N20O2Pt-8. The summed E-state index contributed by atoms with van der Waals surface area (Å²) < 4.78 is 0. The Morgan fingerprint density at radius 2 is 0.492 bits per heavy atom. The van der Waals surface area contributed by atoms with Crippen LogP contribution in [0.25, 0.3) is 0 Å². The first-order chi connectivity index (χ1) is 62.1. The number of aliphatic hydroxyl groups is 1. The molecule has 10 aromatic carbocycles. The number of aromatic nitrogens is 10. The van der Waals surface area contributed by atoms with Gasteiger partial charge in [-0.2, -0.15) is 152 Å². The van der Waals surface area contributed by atoms with E-state index < -0.39 is 0 Å². The average Bonchev–Trinajstić information content (AvgIpc) is 1.62. The fourth-order valence-corrected chi connectivity index (χ4v) is 13.9. The van der Waals surface area contributed by atoms with E-state index in [2.05, 4.69) is 202 Å². The first kappa shape index (κ1) is 100. The van der Waals surface area contributed by atoms with Crippen molar-refractivity contribution >= 4 is 121 Å². The minimum absolute atomic E-state index is 0. The molecule has 5 aromatic heterocycles. The maximum Gasteiger partial charge on any atom is 2.00 e. The fraction of sp³-hybridized carbons (Fsp3) is 0.170. The van der Waals surface area contributed by atoms with Gasteiger partial charge in [0.05, 0.1) is 65.2 Å². The first-order valence-electron chi connectivity index (χ1n) is 42.6. The molecule has 0 saturated carbocycles. The number of benzene rings is 10. The van der Waals surface area contributed by atoms with Crippen LogP contribution in [0.1, 0.15) is 142 Å². The topological polar surface area (TPSA) is 199 Å². The van der Waals surface area contributed by atoms with Crippen LogP contribution in [0.15, 0.2) is 316 Å². The number of nitrogens with zero attached hydrogens (tertiary/aromatic N) is 20. The zero-order valence-corrected chi connectivity index (χ0v) is 84.7. The summed E-state index contributed by atoms with van der Waals surface area (Å²) in [5.41, 5.74) is 14.9. The van der Waals surface area contributed by atoms with Gasteiger partial charge in [0.15, 0.2) is 5.78 Å². The number of allylic oxidation sites excluding steroid dienone is 2. The standard InChI is InChI=1S/C21H20N4.4C20H18N4.C5H8O2.3Ir.Pt/c1-21(2,3)18-14-22-19-20(23-18)25(17-12-8-5-9-13-17)15-24(19)16-10-6-4-7-11-16;4*1-15(2)18-13-21-19-20(22-18)24(17-11-7-4-8-12-17)14-23(19)16-9-5-3-6-10-16;1-4(6)3-5(2)7;;;;/h4-10,12-15H,1-3H3;2*3-9,11-15H,1-2H3;2*3-11,13-15H,1-2H3;3,6H,1-2H3;;;;/q5*-2;;;;;+2. The Balaban J connectivity index is 0.000000155. The van der Waals surface area contributed by atoms with Crippen molar-refractivity contribution in [3.8, 4) is 0 Å². The van der Waals surface area contributed by atoms with Crippen LogP contribution in [-0.4, -0.2) is 60.7 Å². The molecule has 5 aliphatic heterocycles. The summed E-state index contributed by atoms with van der Waals surface area (Å²) in [5, 5.41) is 8.36. The van der Waals surface area contributed by atoms with Crippen molar-refractivity contribution < 1.29 is 91.3 Å². The van der Waals surface area contributed by atoms with Crippen molar-refractivity contribution in [2.24, 2.45) is 0 Å². The molecule has 0 unspecified atom stereocenters. The molecule has 22 nitrogen and oxygen atoms in total. The summed E-state index contributed by atoms with van der Waals surface area (Å²) in [6.07, 6.45) is 10.5. The molecule has 5 aliphatic rings. The monoisotopic (exact) mass is 2460 g/mol. The maximum absolute atomic E-state index is 10.0. The van der Waals surface area contributed by atoms with Crippen LogP contribution in [0, 0.1) is 63.7 Å². The van der Waals surface area contributed by atoms with Crippen LogP contribution in [0.2, 0.25) is 0 Å². The van der Waals surface area contributed by atoms with Gasteiger partial charge in [0.2, 0.25) is 0 Å². The van der Waals surface area contributed by atoms with Crippen molar-refractivity contribution in [2.45, 2.75) is 119 Å². The zero-order chi connectivity index (χ0) is 89.4. The number of carbonyl (C=O) groups excluding carboxylic acids is 1. The number of anilines is 20. The van der Waals surface area contributed by atoms with E-state index in [0.29, 0.717) is 23.7 Å². The van der Waals surface area contributed by atoms with Gasteiger partial charge in [-0.25, -0.2) is 49.8 Å². The van der Waals surface area contributed by atoms with Crippen molar-refractivity contribution in [3.63, 3.8) is 0 Å². The quantitative estimate of drug-likeness (QED) is 0.0577. The molecule has 0 fully saturated rings. The SMILES string of the molecule is CC(=O)C=C(C)O.CC(C)(C)c1cnc2c(n1)N(c1ccccc1)[CH-]N2c1[c-]cccc1.CC(C)c1cnc2c(n1)N(c1[c-]cccc1)[CH-]N2c1ccccc1.CC(C)c1cnc2c(n1)N(c1[c-]cccc1)[CH-]N2c1ccccc1.CC(C)c1cnc2c(n1)N(c1ccccc1)[CH-]N2c1[c-]cccc1.CC(C)c1cnc2c(n1)N(c1ccccc1)[CH-]N2c1[c-]cccc1.[Ir].[Ir].[Ir].[Pt+2]. The van der Waals surface area contributed by atoms with E-state index in [0.717, 1.165) is 144 Å². The predicted octanol–water partition coefficient (Wildman–Crippen LogP) is 25.2. The number of hydrogen-bond acceptors (Lipinski definition) is 22. The predicted molar refractivity (Wildman–Crippen MR) is 514 cm³/mol. The largest absolute Gasteiger partial charge is 2.00 e. The minimum atomic E-state index is -0.125. The molecule has 26 heteroatoms. The van der Waals surface area contributed by atoms with Crippen LogP contribution in [-0.2, 0) is 91.6 Å². The molecule has 0 saturated heterocycles. The number of ketones is 1. The van der Waals surface area contributed by atoms with Gasteiger partial charge in [0.1, 0.15) is 58.2 Å². The van der Waals surface area contributed by atoms with Crippen molar-refractivity contribution in [1.29, 1.82) is 0 Å². The number of para-hydroxylation sites is 10. The summed E-state index contributed by atoms with van der Waals surface area (Å²) in [5.74, 6) is 9.62. The van der Waals surface area contributed by atoms with Crippen LogP contribution in [0.5, 0.6) is 0 Å². The molecule has 3 radical (unpaired) electrons. The molecule has 0 spiro atoms. The van der Waals surface area contributed by atoms with Gasteiger partial charge in [0.25, 0.3) is 0 Å². The average molecular weight is 2460 g/mol. The third-order valence-corrected chi connectivity index (χ3v) is 20.7.